The lowest BCUT2D eigenvalue weighted by Crippen LogP contribution is -2.34. The van der Waals surface area contributed by atoms with Crippen molar-refractivity contribution in [1.29, 1.82) is 0 Å². The van der Waals surface area contributed by atoms with Crippen LogP contribution in [0.15, 0.2) is 11.6 Å². The van der Waals surface area contributed by atoms with E-state index >= 15 is 0 Å². The number of hydrogen-bond donors (Lipinski definition) is 0. The van der Waals surface area contributed by atoms with E-state index in [1.54, 1.807) is 11.3 Å². The van der Waals surface area contributed by atoms with Gasteiger partial charge in [0, 0.05) is 24.0 Å². The molecule has 2 unspecified atom stereocenters. The van der Waals surface area contributed by atoms with Crippen molar-refractivity contribution < 1.29 is 0 Å². The molecule has 0 aromatic carbocycles. The second-order valence-corrected chi connectivity index (χ2v) is 5.49. The van der Waals surface area contributed by atoms with Crippen LogP contribution >= 0.6 is 11.3 Å². The van der Waals surface area contributed by atoms with Crippen LogP contribution in [0.1, 0.15) is 30.3 Å². The first kappa shape index (κ1) is 8.30. The molecule has 3 nitrogen and oxygen atoms in total. The minimum atomic E-state index is 0.614. The molecule has 0 saturated carbocycles. The summed E-state index contributed by atoms with van der Waals surface area (Å²) in [4.78, 5) is 8.45. The van der Waals surface area contributed by atoms with Gasteiger partial charge in [-0.15, -0.1) is 11.3 Å². The molecule has 0 spiro atoms. The van der Waals surface area contributed by atoms with Crippen LogP contribution in [-0.2, 0) is 6.42 Å². The van der Waals surface area contributed by atoms with Crippen LogP contribution in [0, 0.1) is 0 Å². The summed E-state index contributed by atoms with van der Waals surface area (Å²) >= 11 is 1.74. The van der Waals surface area contributed by atoms with Gasteiger partial charge in [-0.3, -0.25) is 9.30 Å². The van der Waals surface area contributed by atoms with Crippen molar-refractivity contribution in [3.05, 3.63) is 23.0 Å². The standard InChI is InChI=1S/C11H13N3S/c1-13-7-2-3-9(13)10-8(6-7)12-11-14(10)4-5-15-11/h4-5,7,9H,2-3,6H2,1H3. The first-order valence-corrected chi connectivity index (χ1v) is 6.39. The Bertz CT molecular complexity index is 527. The van der Waals surface area contributed by atoms with Crippen molar-refractivity contribution >= 4 is 16.3 Å². The zero-order valence-electron chi connectivity index (χ0n) is 8.68. The van der Waals surface area contributed by atoms with Gasteiger partial charge in [0.2, 0.25) is 0 Å². The number of hydrogen-bond acceptors (Lipinski definition) is 3. The monoisotopic (exact) mass is 219 g/mol. The summed E-state index contributed by atoms with van der Waals surface area (Å²) in [7, 11) is 2.26. The predicted octanol–water partition coefficient (Wildman–Crippen LogP) is 2.09. The molecule has 1 saturated heterocycles. The van der Waals surface area contributed by atoms with Gasteiger partial charge in [-0.2, -0.15) is 0 Å². The van der Waals surface area contributed by atoms with Crippen LogP contribution in [0.4, 0.5) is 0 Å². The molecule has 0 radical (unpaired) electrons. The van der Waals surface area contributed by atoms with E-state index in [4.69, 9.17) is 4.98 Å². The van der Waals surface area contributed by atoms with Gasteiger partial charge in [-0.1, -0.05) is 0 Å². The lowest BCUT2D eigenvalue weighted by atomic mass is 10.0. The molecule has 2 atom stereocenters. The summed E-state index contributed by atoms with van der Waals surface area (Å²) in [6, 6.07) is 1.36. The Hall–Kier alpha value is -0.870. The molecule has 2 aliphatic rings. The second kappa shape index (κ2) is 2.62. The molecule has 78 valence electrons. The molecule has 0 aliphatic carbocycles. The van der Waals surface area contributed by atoms with E-state index in [1.807, 2.05) is 0 Å². The zero-order valence-corrected chi connectivity index (χ0v) is 9.50. The lowest BCUT2D eigenvalue weighted by molar-refractivity contribution is 0.218. The van der Waals surface area contributed by atoms with E-state index in [2.05, 4.69) is 27.9 Å². The zero-order chi connectivity index (χ0) is 9.99. The Labute approximate surface area is 92.3 Å². The van der Waals surface area contributed by atoms with E-state index in [-0.39, 0.29) is 0 Å². The quantitative estimate of drug-likeness (QED) is 0.676. The Morgan fingerprint density at radius 3 is 3.33 bits per heavy atom. The number of aromatic nitrogens is 2. The van der Waals surface area contributed by atoms with E-state index in [9.17, 15) is 0 Å². The van der Waals surface area contributed by atoms with Gasteiger partial charge in [-0.05, 0) is 19.9 Å². The van der Waals surface area contributed by atoms with Crippen molar-refractivity contribution in [2.45, 2.75) is 31.3 Å². The van der Waals surface area contributed by atoms with Gasteiger partial charge in [0.05, 0.1) is 17.4 Å². The maximum absolute atomic E-state index is 4.74. The number of thiazole rings is 1. The molecule has 2 bridgehead atoms. The average molecular weight is 219 g/mol. The molecule has 4 rings (SSSR count). The molecule has 1 fully saturated rings. The number of nitrogens with zero attached hydrogens (tertiary/aromatic N) is 3. The Morgan fingerprint density at radius 2 is 2.40 bits per heavy atom. The van der Waals surface area contributed by atoms with Crippen molar-refractivity contribution in [3.63, 3.8) is 0 Å². The van der Waals surface area contributed by atoms with E-state index in [1.165, 1.54) is 29.2 Å². The third-order valence-electron chi connectivity index (χ3n) is 3.96. The van der Waals surface area contributed by atoms with E-state index < -0.39 is 0 Å². The number of fused-ring (bicyclic) bond motifs is 6. The number of likely N-dealkylation sites (N-methyl/N-ethyl adjacent to an activating group) is 1. The van der Waals surface area contributed by atoms with Crippen LogP contribution in [-0.4, -0.2) is 27.4 Å². The highest BCUT2D eigenvalue weighted by Crippen LogP contribution is 2.42. The maximum atomic E-state index is 4.74. The SMILES string of the molecule is CN1C2CCC1c1c(nc3sccn13)C2. The van der Waals surface area contributed by atoms with Crippen molar-refractivity contribution in [1.82, 2.24) is 14.3 Å². The molecule has 2 aromatic heterocycles. The van der Waals surface area contributed by atoms with Crippen molar-refractivity contribution in [3.8, 4) is 0 Å². The summed E-state index contributed by atoms with van der Waals surface area (Å²) in [5.74, 6) is 0. The third-order valence-corrected chi connectivity index (χ3v) is 4.72. The molecule has 0 N–H and O–H groups in total. The van der Waals surface area contributed by atoms with E-state index in [0.717, 1.165) is 12.5 Å². The highest BCUT2D eigenvalue weighted by Gasteiger charge is 2.40. The molecular weight excluding hydrogens is 206 g/mol. The molecule has 15 heavy (non-hydrogen) atoms. The van der Waals surface area contributed by atoms with Crippen LogP contribution in [0.25, 0.3) is 4.96 Å². The summed E-state index contributed by atoms with van der Waals surface area (Å²) in [5.41, 5.74) is 2.81. The largest absolute Gasteiger partial charge is 0.294 e. The van der Waals surface area contributed by atoms with Gasteiger partial charge in [-0.25, -0.2) is 4.98 Å². The van der Waals surface area contributed by atoms with Crippen molar-refractivity contribution in [2.75, 3.05) is 7.05 Å². The van der Waals surface area contributed by atoms with Gasteiger partial charge < -0.3 is 0 Å². The molecular formula is C11H13N3S. The van der Waals surface area contributed by atoms with Gasteiger partial charge >= 0.3 is 0 Å². The third kappa shape index (κ3) is 0.916. The minimum absolute atomic E-state index is 0.614. The average Bonchev–Trinajstić information content (AvgIpc) is 2.82. The molecule has 4 heterocycles. The van der Waals surface area contributed by atoms with Gasteiger partial charge in [0.15, 0.2) is 4.96 Å². The lowest BCUT2D eigenvalue weighted by Gasteiger charge is -2.30. The van der Waals surface area contributed by atoms with E-state index in [0.29, 0.717) is 6.04 Å². The smallest absolute Gasteiger partial charge is 0.194 e. The molecule has 2 aliphatic heterocycles. The Morgan fingerprint density at radius 1 is 1.47 bits per heavy atom. The summed E-state index contributed by atoms with van der Waals surface area (Å²) < 4.78 is 2.29. The fraction of sp³-hybridized carbons (Fsp3) is 0.545. The van der Waals surface area contributed by atoms with Crippen LogP contribution < -0.4 is 0 Å². The van der Waals surface area contributed by atoms with Crippen LogP contribution in [0.5, 0.6) is 0 Å². The topological polar surface area (TPSA) is 20.5 Å². The highest BCUT2D eigenvalue weighted by molar-refractivity contribution is 7.15. The normalized spacial score (nSPS) is 29.9. The summed E-state index contributed by atoms with van der Waals surface area (Å²) in [6.07, 6.45) is 5.95. The first-order valence-electron chi connectivity index (χ1n) is 5.51. The molecule has 4 heteroatoms. The molecule has 2 aromatic rings. The predicted molar refractivity (Wildman–Crippen MR) is 60.3 cm³/mol. The van der Waals surface area contributed by atoms with Gasteiger partial charge in [0.25, 0.3) is 0 Å². The fourth-order valence-electron chi connectivity index (χ4n) is 3.16. The first-order chi connectivity index (χ1) is 7.34. The van der Waals surface area contributed by atoms with Crippen LogP contribution in [0.3, 0.4) is 0 Å². The molecule has 0 amide bonds. The van der Waals surface area contributed by atoms with Gasteiger partial charge in [0.1, 0.15) is 0 Å². The van der Waals surface area contributed by atoms with Crippen LogP contribution in [0.2, 0.25) is 0 Å². The second-order valence-electron chi connectivity index (χ2n) is 4.62. The Kier molecular flexibility index (Phi) is 1.45. The Balaban J connectivity index is 2.02. The summed E-state index contributed by atoms with van der Waals surface area (Å²) in [5, 5.41) is 2.13. The minimum Gasteiger partial charge on any atom is -0.294 e. The fourth-order valence-corrected chi connectivity index (χ4v) is 3.90. The maximum Gasteiger partial charge on any atom is 0.194 e. The number of imidazole rings is 1. The highest BCUT2D eigenvalue weighted by atomic mass is 32.1. The summed E-state index contributed by atoms with van der Waals surface area (Å²) in [6.45, 7) is 0. The van der Waals surface area contributed by atoms with Crippen molar-refractivity contribution in [2.24, 2.45) is 0 Å². The number of rotatable bonds is 0.